The van der Waals surface area contributed by atoms with Crippen molar-refractivity contribution in [3.8, 4) is 0 Å². The van der Waals surface area contributed by atoms with Crippen LogP contribution in [0.1, 0.15) is 18.8 Å². The minimum Gasteiger partial charge on any atom is -0.464 e. The first-order chi connectivity index (χ1) is 6.13. The molecule has 1 aromatic heterocycles. The molecule has 1 rings (SSSR count). The van der Waals surface area contributed by atoms with Crippen LogP contribution in [0.5, 0.6) is 0 Å². The van der Waals surface area contributed by atoms with Crippen LogP contribution in [0.3, 0.4) is 0 Å². The van der Waals surface area contributed by atoms with Crippen LogP contribution in [0.25, 0.3) is 0 Å². The van der Waals surface area contributed by atoms with E-state index in [-0.39, 0.29) is 11.7 Å². The summed E-state index contributed by atoms with van der Waals surface area (Å²) in [6, 6.07) is 1.46. The van der Waals surface area contributed by atoms with Crippen molar-refractivity contribution in [3.05, 3.63) is 18.1 Å². The van der Waals surface area contributed by atoms with Crippen molar-refractivity contribution in [2.45, 2.75) is 13.0 Å². The van der Waals surface area contributed by atoms with Gasteiger partial charge in [0.05, 0.1) is 12.3 Å². The average molecular weight is 185 g/mol. The van der Waals surface area contributed by atoms with E-state index in [4.69, 9.17) is 14.6 Å². The summed E-state index contributed by atoms with van der Waals surface area (Å²) in [5.41, 5.74) is 0.468. The molecular formula is C8H11NO4. The Morgan fingerprint density at radius 1 is 1.77 bits per heavy atom. The Balaban J connectivity index is 2.68. The molecule has 0 aromatic carbocycles. The van der Waals surface area contributed by atoms with Crippen molar-refractivity contribution < 1.29 is 19.4 Å². The van der Waals surface area contributed by atoms with Gasteiger partial charge in [-0.15, -0.1) is 0 Å². The number of aliphatic hydroxyl groups is 2. The Hall–Kier alpha value is -1.33. The second-order valence-corrected chi connectivity index (χ2v) is 2.62. The summed E-state index contributed by atoms with van der Waals surface area (Å²) in [5.74, 6) is 0.0112. The lowest BCUT2D eigenvalue weighted by atomic mass is 10.3. The molecule has 0 aliphatic carbocycles. The monoisotopic (exact) mass is 185 g/mol. The second kappa shape index (κ2) is 4.06. The zero-order chi connectivity index (χ0) is 9.84. The summed E-state index contributed by atoms with van der Waals surface area (Å²) in [6.07, 6.45) is 0.262. The van der Waals surface area contributed by atoms with Gasteiger partial charge in [-0.3, -0.25) is 4.79 Å². The summed E-state index contributed by atoms with van der Waals surface area (Å²) in [7, 11) is 0. The van der Waals surface area contributed by atoms with Crippen LogP contribution < -0.4 is 5.32 Å². The number of hydrogen-bond acceptors (Lipinski definition) is 4. The van der Waals surface area contributed by atoms with Crippen LogP contribution in [0.2, 0.25) is 0 Å². The predicted octanol–water partition coefficient (Wildman–Crippen LogP) is 0.264. The zero-order valence-corrected chi connectivity index (χ0v) is 7.15. The standard InChI is InChI=1S/C8H11NO4/c1-5(11)9-6-2-8(13-4-6)7(12)3-10/h2,4,7,10,12H,3H2,1H3,(H,9,11). The van der Waals surface area contributed by atoms with Gasteiger partial charge >= 0.3 is 0 Å². The van der Waals surface area contributed by atoms with Gasteiger partial charge in [-0.05, 0) is 0 Å². The van der Waals surface area contributed by atoms with Gasteiger partial charge in [0.2, 0.25) is 5.91 Å². The highest BCUT2D eigenvalue weighted by atomic mass is 16.4. The molecule has 1 heterocycles. The molecule has 0 bridgehead atoms. The number of amides is 1. The van der Waals surface area contributed by atoms with Crippen molar-refractivity contribution >= 4 is 11.6 Å². The van der Waals surface area contributed by atoms with Gasteiger partial charge in [-0.2, -0.15) is 0 Å². The van der Waals surface area contributed by atoms with E-state index in [9.17, 15) is 4.79 Å². The Bertz CT molecular complexity index is 294. The summed E-state index contributed by atoms with van der Waals surface area (Å²) in [6.45, 7) is 0.960. The molecule has 1 unspecified atom stereocenters. The Kier molecular flexibility index (Phi) is 3.05. The normalized spacial score (nSPS) is 12.5. The molecule has 0 saturated carbocycles. The maximum atomic E-state index is 10.6. The SMILES string of the molecule is CC(=O)Nc1coc(C(O)CO)c1. The number of hydrogen-bond donors (Lipinski definition) is 3. The fourth-order valence-electron chi connectivity index (χ4n) is 0.886. The van der Waals surface area contributed by atoms with E-state index in [0.29, 0.717) is 5.69 Å². The van der Waals surface area contributed by atoms with E-state index in [2.05, 4.69) is 5.32 Å². The van der Waals surface area contributed by atoms with Crippen molar-refractivity contribution in [2.24, 2.45) is 0 Å². The molecule has 5 heteroatoms. The zero-order valence-electron chi connectivity index (χ0n) is 7.15. The van der Waals surface area contributed by atoms with Gasteiger partial charge in [0.25, 0.3) is 0 Å². The highest BCUT2D eigenvalue weighted by Gasteiger charge is 2.11. The minimum absolute atomic E-state index is 0.217. The lowest BCUT2D eigenvalue weighted by molar-refractivity contribution is -0.114. The molecular weight excluding hydrogens is 174 g/mol. The summed E-state index contributed by atoms with van der Waals surface area (Å²) in [4.78, 5) is 10.6. The van der Waals surface area contributed by atoms with Gasteiger partial charge in [0.1, 0.15) is 18.1 Å². The molecule has 5 nitrogen and oxygen atoms in total. The molecule has 0 saturated heterocycles. The molecule has 72 valence electrons. The number of carbonyl (C=O) groups excluding carboxylic acids is 1. The fraction of sp³-hybridized carbons (Fsp3) is 0.375. The molecule has 1 atom stereocenters. The van der Waals surface area contributed by atoms with Crippen LogP contribution in [-0.4, -0.2) is 22.7 Å². The third kappa shape index (κ3) is 2.57. The van der Waals surface area contributed by atoms with Crippen molar-refractivity contribution in [1.82, 2.24) is 0 Å². The smallest absolute Gasteiger partial charge is 0.221 e. The van der Waals surface area contributed by atoms with Crippen LogP contribution in [0.15, 0.2) is 16.7 Å². The largest absolute Gasteiger partial charge is 0.464 e. The molecule has 13 heavy (non-hydrogen) atoms. The molecule has 0 aliphatic rings. The summed E-state index contributed by atoms with van der Waals surface area (Å²) in [5, 5.41) is 20.2. The fourth-order valence-corrected chi connectivity index (χ4v) is 0.886. The second-order valence-electron chi connectivity index (χ2n) is 2.62. The Morgan fingerprint density at radius 2 is 2.46 bits per heavy atom. The number of aliphatic hydroxyl groups excluding tert-OH is 2. The first kappa shape index (κ1) is 9.76. The highest BCUT2D eigenvalue weighted by Crippen LogP contribution is 2.19. The van der Waals surface area contributed by atoms with Gasteiger partial charge in [-0.1, -0.05) is 0 Å². The van der Waals surface area contributed by atoms with E-state index in [0.717, 1.165) is 0 Å². The van der Waals surface area contributed by atoms with Crippen molar-refractivity contribution in [2.75, 3.05) is 11.9 Å². The van der Waals surface area contributed by atoms with Crippen molar-refractivity contribution in [1.29, 1.82) is 0 Å². The number of rotatable bonds is 3. The molecule has 0 spiro atoms. The highest BCUT2D eigenvalue weighted by molar-refractivity contribution is 5.88. The molecule has 3 N–H and O–H groups in total. The summed E-state index contributed by atoms with van der Waals surface area (Å²) < 4.78 is 4.89. The predicted molar refractivity (Wildman–Crippen MR) is 45.1 cm³/mol. The van der Waals surface area contributed by atoms with E-state index in [1.165, 1.54) is 19.3 Å². The van der Waals surface area contributed by atoms with Gasteiger partial charge < -0.3 is 19.9 Å². The van der Waals surface area contributed by atoms with Crippen molar-refractivity contribution in [3.63, 3.8) is 0 Å². The Labute approximate surface area is 75.0 Å². The van der Waals surface area contributed by atoms with E-state index in [1.54, 1.807) is 0 Å². The third-order valence-electron chi connectivity index (χ3n) is 1.44. The number of carbonyl (C=O) groups is 1. The number of anilines is 1. The van der Waals surface area contributed by atoms with E-state index < -0.39 is 12.7 Å². The number of nitrogens with one attached hydrogen (secondary N) is 1. The Morgan fingerprint density at radius 3 is 3.00 bits per heavy atom. The maximum absolute atomic E-state index is 10.6. The molecule has 1 amide bonds. The lowest BCUT2D eigenvalue weighted by Gasteiger charge is -2.00. The molecule has 0 aliphatic heterocycles. The molecule has 1 aromatic rings. The van der Waals surface area contributed by atoms with Crippen LogP contribution in [-0.2, 0) is 4.79 Å². The quantitative estimate of drug-likeness (QED) is 0.631. The lowest BCUT2D eigenvalue weighted by Crippen LogP contribution is -2.04. The van der Waals surface area contributed by atoms with Gasteiger partial charge in [0.15, 0.2) is 0 Å². The van der Waals surface area contributed by atoms with Gasteiger partial charge in [-0.25, -0.2) is 0 Å². The van der Waals surface area contributed by atoms with E-state index in [1.807, 2.05) is 0 Å². The molecule has 0 radical (unpaired) electrons. The van der Waals surface area contributed by atoms with Gasteiger partial charge in [0, 0.05) is 13.0 Å². The first-order valence-electron chi connectivity index (χ1n) is 3.78. The average Bonchev–Trinajstić information content (AvgIpc) is 2.50. The minimum atomic E-state index is -1.04. The topological polar surface area (TPSA) is 82.7 Å². The third-order valence-corrected chi connectivity index (χ3v) is 1.44. The molecule has 0 fully saturated rings. The van der Waals surface area contributed by atoms with Crippen LogP contribution >= 0.6 is 0 Å². The van der Waals surface area contributed by atoms with Crippen LogP contribution in [0, 0.1) is 0 Å². The summed E-state index contributed by atoms with van der Waals surface area (Å²) >= 11 is 0. The maximum Gasteiger partial charge on any atom is 0.221 e. The first-order valence-corrected chi connectivity index (χ1v) is 3.78. The van der Waals surface area contributed by atoms with Crippen LogP contribution in [0.4, 0.5) is 5.69 Å². The van der Waals surface area contributed by atoms with E-state index >= 15 is 0 Å². The number of furan rings is 1.